The van der Waals surface area contributed by atoms with Crippen molar-refractivity contribution in [2.24, 2.45) is 0 Å². The molecule has 1 aromatic carbocycles. The van der Waals surface area contributed by atoms with Crippen molar-refractivity contribution in [1.82, 2.24) is 0 Å². The topological polar surface area (TPSA) is 80.4 Å². The third-order valence-corrected chi connectivity index (χ3v) is 4.05. The number of allylic oxidation sites excluding steroid dienone is 1. The van der Waals surface area contributed by atoms with Gasteiger partial charge >= 0.3 is 5.97 Å². The number of nitro benzene ring substituents is 1. The Hall–Kier alpha value is -2.43. The van der Waals surface area contributed by atoms with Gasteiger partial charge in [-0.05, 0) is 37.3 Å². The number of non-ortho nitro benzene ring substituents is 1. The largest absolute Gasteiger partial charge is 0.478 e. The highest BCUT2D eigenvalue weighted by Crippen LogP contribution is 2.19. The number of carboxylic acids is 1. The summed E-state index contributed by atoms with van der Waals surface area (Å²) in [5, 5.41) is 20.1. The molecule has 5 nitrogen and oxygen atoms in total. The van der Waals surface area contributed by atoms with Crippen LogP contribution in [0.3, 0.4) is 0 Å². The number of nitro groups is 1. The van der Waals surface area contributed by atoms with E-state index in [1.807, 2.05) is 6.08 Å². The number of aliphatic carboxylic acids is 1. The Morgan fingerprint density at radius 3 is 2.36 bits per heavy atom. The van der Waals surface area contributed by atoms with Gasteiger partial charge in [0.1, 0.15) is 0 Å². The molecular weight excluding hydrogens is 318 g/mol. The standard InChI is InChI=1S/C20H27NO4/c1-2-3-4-5-6-7-8-9-10-13-18(20(22)23)15-17-12-11-14-19(16-17)21(24)25/h2,11-12,14-16H,1,3-10,13H2,(H,22,23)/b18-15+. The zero-order chi connectivity index (χ0) is 18.5. The highest BCUT2D eigenvalue weighted by Gasteiger charge is 2.09. The summed E-state index contributed by atoms with van der Waals surface area (Å²) >= 11 is 0. The Morgan fingerprint density at radius 2 is 1.76 bits per heavy atom. The summed E-state index contributed by atoms with van der Waals surface area (Å²) in [7, 11) is 0. The van der Waals surface area contributed by atoms with E-state index < -0.39 is 10.9 Å². The van der Waals surface area contributed by atoms with Crippen molar-refractivity contribution in [3.8, 4) is 0 Å². The number of rotatable bonds is 13. The average Bonchev–Trinajstić information content (AvgIpc) is 2.59. The molecular formula is C20H27NO4. The fourth-order valence-electron chi connectivity index (χ4n) is 2.66. The highest BCUT2D eigenvalue weighted by atomic mass is 16.6. The maximum absolute atomic E-state index is 11.4. The predicted octanol–water partition coefficient (Wildman–Crippen LogP) is 5.76. The normalized spacial score (nSPS) is 11.3. The van der Waals surface area contributed by atoms with Gasteiger partial charge in [0, 0.05) is 17.7 Å². The molecule has 0 bridgehead atoms. The van der Waals surface area contributed by atoms with Crippen LogP contribution in [0.1, 0.15) is 63.4 Å². The zero-order valence-corrected chi connectivity index (χ0v) is 14.7. The van der Waals surface area contributed by atoms with Gasteiger partial charge in [0.15, 0.2) is 0 Å². The van der Waals surface area contributed by atoms with Gasteiger partial charge in [0.05, 0.1) is 4.92 Å². The third-order valence-electron chi connectivity index (χ3n) is 4.05. The van der Waals surface area contributed by atoms with Gasteiger partial charge in [-0.15, -0.1) is 6.58 Å². The Morgan fingerprint density at radius 1 is 1.12 bits per heavy atom. The molecule has 25 heavy (non-hydrogen) atoms. The van der Waals surface area contributed by atoms with Gasteiger partial charge in [0.2, 0.25) is 0 Å². The van der Waals surface area contributed by atoms with E-state index >= 15 is 0 Å². The molecule has 0 amide bonds. The Bertz CT molecular complexity index is 607. The number of benzene rings is 1. The average molecular weight is 345 g/mol. The smallest absolute Gasteiger partial charge is 0.331 e. The minimum absolute atomic E-state index is 0.0325. The van der Waals surface area contributed by atoms with Crippen LogP contribution in [0.5, 0.6) is 0 Å². The molecule has 0 radical (unpaired) electrons. The molecule has 0 aliphatic rings. The molecule has 0 heterocycles. The summed E-state index contributed by atoms with van der Waals surface area (Å²) in [5.41, 5.74) is 0.815. The number of unbranched alkanes of at least 4 members (excludes halogenated alkanes) is 7. The molecule has 5 heteroatoms. The minimum atomic E-state index is -0.962. The van der Waals surface area contributed by atoms with Crippen LogP contribution in [-0.2, 0) is 4.79 Å². The Labute approximate surface area is 149 Å². The molecule has 0 fully saturated rings. The van der Waals surface area contributed by atoms with Crippen LogP contribution in [0.15, 0.2) is 42.5 Å². The Balaban J connectivity index is 2.42. The lowest BCUT2D eigenvalue weighted by molar-refractivity contribution is -0.384. The molecule has 0 aliphatic carbocycles. The molecule has 1 N–H and O–H groups in total. The van der Waals surface area contributed by atoms with Gasteiger partial charge in [-0.1, -0.05) is 50.3 Å². The van der Waals surface area contributed by atoms with Crippen LogP contribution in [0.25, 0.3) is 6.08 Å². The van der Waals surface area contributed by atoms with Crippen molar-refractivity contribution in [3.63, 3.8) is 0 Å². The van der Waals surface area contributed by atoms with Gasteiger partial charge in [0.25, 0.3) is 5.69 Å². The van der Waals surface area contributed by atoms with Crippen molar-refractivity contribution in [2.45, 2.75) is 57.8 Å². The third kappa shape index (κ3) is 8.84. The van der Waals surface area contributed by atoms with Crippen LogP contribution >= 0.6 is 0 Å². The highest BCUT2D eigenvalue weighted by molar-refractivity contribution is 5.92. The molecule has 0 unspecified atom stereocenters. The van der Waals surface area contributed by atoms with Crippen molar-refractivity contribution in [1.29, 1.82) is 0 Å². The molecule has 0 saturated heterocycles. The maximum atomic E-state index is 11.4. The molecule has 0 saturated carbocycles. The number of nitrogens with zero attached hydrogens (tertiary/aromatic N) is 1. The lowest BCUT2D eigenvalue weighted by Crippen LogP contribution is -2.00. The monoisotopic (exact) mass is 345 g/mol. The van der Waals surface area contributed by atoms with Crippen LogP contribution in [-0.4, -0.2) is 16.0 Å². The molecule has 0 spiro atoms. The van der Waals surface area contributed by atoms with Gasteiger partial charge < -0.3 is 5.11 Å². The van der Waals surface area contributed by atoms with Crippen LogP contribution in [0.4, 0.5) is 5.69 Å². The molecule has 1 aromatic rings. The minimum Gasteiger partial charge on any atom is -0.478 e. The van der Waals surface area contributed by atoms with Crippen molar-refractivity contribution in [2.75, 3.05) is 0 Å². The molecule has 0 aliphatic heterocycles. The maximum Gasteiger partial charge on any atom is 0.331 e. The molecule has 136 valence electrons. The van der Waals surface area contributed by atoms with E-state index in [-0.39, 0.29) is 5.69 Å². The summed E-state index contributed by atoms with van der Waals surface area (Å²) in [5.74, 6) is -0.962. The van der Waals surface area contributed by atoms with Gasteiger partial charge in [-0.2, -0.15) is 0 Å². The second kappa shape index (κ2) is 12.0. The zero-order valence-electron chi connectivity index (χ0n) is 14.7. The van der Waals surface area contributed by atoms with Gasteiger partial charge in [-0.3, -0.25) is 10.1 Å². The summed E-state index contributed by atoms with van der Waals surface area (Å²) in [6.07, 6.45) is 12.8. The van der Waals surface area contributed by atoms with E-state index in [2.05, 4.69) is 6.58 Å². The van der Waals surface area contributed by atoms with E-state index in [4.69, 9.17) is 0 Å². The Kier molecular flexibility index (Phi) is 9.90. The van der Waals surface area contributed by atoms with Crippen LogP contribution < -0.4 is 0 Å². The SMILES string of the molecule is C=CCCCCCCCCC/C(=C\c1cccc([N+](=O)[O-])c1)C(=O)O. The molecule has 1 rings (SSSR count). The van der Waals surface area contributed by atoms with E-state index in [1.54, 1.807) is 12.1 Å². The number of carboxylic acid groups (broad SMARTS) is 1. The van der Waals surface area contributed by atoms with Gasteiger partial charge in [-0.25, -0.2) is 4.79 Å². The summed E-state index contributed by atoms with van der Waals surface area (Å²) in [4.78, 5) is 21.7. The van der Waals surface area contributed by atoms with E-state index in [9.17, 15) is 20.0 Å². The first-order valence-electron chi connectivity index (χ1n) is 8.84. The van der Waals surface area contributed by atoms with Crippen molar-refractivity contribution in [3.05, 3.63) is 58.2 Å². The van der Waals surface area contributed by atoms with E-state index in [0.29, 0.717) is 17.6 Å². The van der Waals surface area contributed by atoms with Crippen molar-refractivity contribution < 1.29 is 14.8 Å². The summed E-state index contributed by atoms with van der Waals surface area (Å²) in [6, 6.07) is 6.04. The number of hydrogen-bond donors (Lipinski definition) is 1. The van der Waals surface area contributed by atoms with Crippen LogP contribution in [0.2, 0.25) is 0 Å². The summed E-state index contributed by atoms with van der Waals surface area (Å²) in [6.45, 7) is 3.71. The molecule has 0 aromatic heterocycles. The fourth-order valence-corrected chi connectivity index (χ4v) is 2.66. The van der Waals surface area contributed by atoms with E-state index in [0.717, 1.165) is 25.7 Å². The van der Waals surface area contributed by atoms with Crippen LogP contribution in [0, 0.1) is 10.1 Å². The first-order chi connectivity index (χ1) is 12.0. The second-order valence-corrected chi connectivity index (χ2v) is 6.13. The van der Waals surface area contributed by atoms with E-state index in [1.165, 1.54) is 43.9 Å². The molecule has 0 atom stereocenters. The number of carbonyl (C=O) groups is 1. The summed E-state index contributed by atoms with van der Waals surface area (Å²) < 4.78 is 0. The quantitative estimate of drug-likeness (QED) is 0.162. The van der Waals surface area contributed by atoms with Crippen molar-refractivity contribution >= 4 is 17.7 Å². The lowest BCUT2D eigenvalue weighted by atomic mass is 10.0. The predicted molar refractivity (Wildman–Crippen MR) is 100 cm³/mol. The first kappa shape index (κ1) is 20.6. The lowest BCUT2D eigenvalue weighted by Gasteiger charge is -2.04. The fraction of sp³-hybridized carbons (Fsp3) is 0.450. The second-order valence-electron chi connectivity index (χ2n) is 6.13. The first-order valence-corrected chi connectivity index (χ1v) is 8.84. The number of hydrogen-bond acceptors (Lipinski definition) is 3.